The summed E-state index contributed by atoms with van der Waals surface area (Å²) in [6.45, 7) is 12.8. The van der Waals surface area contributed by atoms with Crippen molar-refractivity contribution >= 4 is 0 Å². The predicted octanol–water partition coefficient (Wildman–Crippen LogP) is 7.71. The number of phenolic OH excluding ortho intramolecular Hbond substituents is 1. The van der Waals surface area contributed by atoms with Crippen molar-refractivity contribution in [3.05, 3.63) is 83.9 Å². The summed E-state index contributed by atoms with van der Waals surface area (Å²) in [5.74, 6) is 1.19. The molecular weight excluding hydrogens is 392 g/mol. The fraction of sp³-hybridized carbons (Fsp3) is 0.276. The Morgan fingerprint density at radius 2 is 1.12 bits per heavy atom. The Morgan fingerprint density at radius 3 is 1.59 bits per heavy atom. The smallest absolute Gasteiger partial charge is 0.138 e. The van der Waals surface area contributed by atoms with E-state index < -0.39 is 0 Å². The van der Waals surface area contributed by atoms with Crippen LogP contribution in [0.2, 0.25) is 0 Å². The molecule has 1 heterocycles. The molecule has 0 spiro atoms. The molecule has 3 heteroatoms. The van der Waals surface area contributed by atoms with Crippen LogP contribution in [0.5, 0.6) is 5.75 Å². The number of nitrogens with zero attached hydrogens (tertiary/aromatic N) is 1. The number of aromatic amines is 1. The molecule has 0 aliphatic heterocycles. The van der Waals surface area contributed by atoms with Gasteiger partial charge in [-0.3, -0.25) is 0 Å². The van der Waals surface area contributed by atoms with Crippen LogP contribution in [-0.4, -0.2) is 15.1 Å². The zero-order valence-corrected chi connectivity index (χ0v) is 19.8. The van der Waals surface area contributed by atoms with Crippen molar-refractivity contribution in [1.29, 1.82) is 0 Å². The Morgan fingerprint density at radius 1 is 0.656 bits per heavy atom. The van der Waals surface area contributed by atoms with Crippen LogP contribution in [0.1, 0.15) is 52.7 Å². The van der Waals surface area contributed by atoms with Gasteiger partial charge in [-0.25, -0.2) is 4.98 Å². The Kier molecular flexibility index (Phi) is 5.46. The monoisotopic (exact) mass is 424 g/mol. The van der Waals surface area contributed by atoms with Crippen molar-refractivity contribution in [3.8, 4) is 39.7 Å². The summed E-state index contributed by atoms with van der Waals surface area (Å²) in [7, 11) is 0. The molecule has 2 N–H and O–H groups in total. The average molecular weight is 425 g/mol. The molecule has 0 fully saturated rings. The summed E-state index contributed by atoms with van der Waals surface area (Å²) in [6, 6.07) is 24.7. The second kappa shape index (κ2) is 7.98. The van der Waals surface area contributed by atoms with E-state index in [0.717, 1.165) is 45.0 Å². The highest BCUT2D eigenvalue weighted by atomic mass is 16.3. The SMILES string of the molecule is CC(C)(C)c1cc(-c2nc(-c3ccccc3)c(-c3ccccc3)[nH]2)cc(C(C)(C)C)c1O. The van der Waals surface area contributed by atoms with Crippen molar-refractivity contribution in [3.63, 3.8) is 0 Å². The summed E-state index contributed by atoms with van der Waals surface area (Å²) in [5.41, 5.74) is 6.53. The normalized spacial score (nSPS) is 12.2. The fourth-order valence-electron chi connectivity index (χ4n) is 4.04. The van der Waals surface area contributed by atoms with E-state index >= 15 is 0 Å². The van der Waals surface area contributed by atoms with E-state index in [1.165, 1.54) is 0 Å². The van der Waals surface area contributed by atoms with Gasteiger partial charge in [-0.2, -0.15) is 0 Å². The van der Waals surface area contributed by atoms with Crippen LogP contribution in [0.25, 0.3) is 33.9 Å². The first kappa shape index (κ1) is 21.9. The third-order valence-electron chi connectivity index (χ3n) is 5.81. The maximum Gasteiger partial charge on any atom is 0.138 e. The zero-order chi connectivity index (χ0) is 23.1. The lowest BCUT2D eigenvalue weighted by Crippen LogP contribution is -2.17. The van der Waals surface area contributed by atoms with Gasteiger partial charge in [-0.1, -0.05) is 102 Å². The predicted molar refractivity (Wildman–Crippen MR) is 134 cm³/mol. The standard InChI is InChI=1S/C29H32N2O/c1-28(2,3)22-17-21(18-23(26(22)32)29(4,5)6)27-30-24(19-13-9-7-10-14-19)25(31-27)20-15-11-8-12-16-20/h7-18,32H,1-6H3,(H,30,31). The topological polar surface area (TPSA) is 48.9 Å². The van der Waals surface area contributed by atoms with Crippen molar-refractivity contribution in [1.82, 2.24) is 9.97 Å². The minimum atomic E-state index is -0.197. The highest BCUT2D eigenvalue weighted by Crippen LogP contribution is 2.42. The van der Waals surface area contributed by atoms with Crippen LogP contribution in [0.15, 0.2) is 72.8 Å². The average Bonchev–Trinajstić information content (AvgIpc) is 3.19. The molecule has 0 bridgehead atoms. The quantitative estimate of drug-likeness (QED) is 0.354. The van der Waals surface area contributed by atoms with E-state index in [9.17, 15) is 5.11 Å². The number of imidazole rings is 1. The zero-order valence-electron chi connectivity index (χ0n) is 19.8. The van der Waals surface area contributed by atoms with Gasteiger partial charge in [0, 0.05) is 27.8 Å². The van der Waals surface area contributed by atoms with Crippen LogP contribution in [0.4, 0.5) is 0 Å². The summed E-state index contributed by atoms with van der Waals surface area (Å²) in [4.78, 5) is 8.66. The van der Waals surface area contributed by atoms with E-state index in [1.54, 1.807) is 0 Å². The molecule has 0 unspecified atom stereocenters. The molecule has 3 aromatic carbocycles. The molecule has 4 aromatic rings. The second-order valence-electron chi connectivity index (χ2n) is 10.5. The van der Waals surface area contributed by atoms with E-state index in [1.807, 2.05) is 36.4 Å². The summed E-state index contributed by atoms with van der Waals surface area (Å²) >= 11 is 0. The lowest BCUT2D eigenvalue weighted by Gasteiger charge is -2.28. The molecule has 0 aliphatic rings. The number of aromatic nitrogens is 2. The van der Waals surface area contributed by atoms with Crippen molar-refractivity contribution in [2.45, 2.75) is 52.4 Å². The minimum Gasteiger partial charge on any atom is -0.507 e. The molecule has 32 heavy (non-hydrogen) atoms. The number of hydrogen-bond donors (Lipinski definition) is 2. The lowest BCUT2D eigenvalue weighted by atomic mass is 9.78. The summed E-state index contributed by atoms with van der Waals surface area (Å²) in [5, 5.41) is 11.1. The van der Waals surface area contributed by atoms with Gasteiger partial charge in [0.1, 0.15) is 11.6 Å². The Labute approximate surface area is 191 Å². The number of rotatable bonds is 3. The number of aromatic hydroxyl groups is 1. The van der Waals surface area contributed by atoms with Gasteiger partial charge in [0.15, 0.2) is 0 Å². The fourth-order valence-corrected chi connectivity index (χ4v) is 4.04. The molecule has 0 atom stereocenters. The van der Waals surface area contributed by atoms with Gasteiger partial charge in [0.25, 0.3) is 0 Å². The van der Waals surface area contributed by atoms with Gasteiger partial charge in [0.2, 0.25) is 0 Å². The van der Waals surface area contributed by atoms with Crippen LogP contribution in [0, 0.1) is 0 Å². The van der Waals surface area contributed by atoms with E-state index in [4.69, 9.17) is 4.98 Å². The minimum absolute atomic E-state index is 0.197. The molecule has 164 valence electrons. The maximum absolute atomic E-state index is 11.1. The van der Waals surface area contributed by atoms with Crippen LogP contribution in [0.3, 0.4) is 0 Å². The van der Waals surface area contributed by atoms with Crippen LogP contribution < -0.4 is 0 Å². The number of nitrogens with one attached hydrogen (secondary N) is 1. The first-order chi connectivity index (χ1) is 15.1. The number of H-pyrrole nitrogens is 1. The van der Waals surface area contributed by atoms with Crippen molar-refractivity contribution in [2.75, 3.05) is 0 Å². The van der Waals surface area contributed by atoms with Crippen LogP contribution in [-0.2, 0) is 10.8 Å². The molecule has 0 saturated carbocycles. The lowest BCUT2D eigenvalue weighted by molar-refractivity contribution is 0.423. The first-order valence-corrected chi connectivity index (χ1v) is 11.1. The number of hydrogen-bond acceptors (Lipinski definition) is 2. The van der Waals surface area contributed by atoms with Gasteiger partial charge in [-0.15, -0.1) is 0 Å². The van der Waals surface area contributed by atoms with Gasteiger partial charge >= 0.3 is 0 Å². The highest BCUT2D eigenvalue weighted by Gasteiger charge is 2.27. The molecule has 0 saturated heterocycles. The molecule has 0 amide bonds. The third kappa shape index (κ3) is 4.20. The van der Waals surface area contributed by atoms with E-state index in [0.29, 0.717) is 5.75 Å². The van der Waals surface area contributed by atoms with Crippen molar-refractivity contribution < 1.29 is 5.11 Å². The molecule has 0 aliphatic carbocycles. The van der Waals surface area contributed by atoms with E-state index in [2.05, 4.69) is 82.9 Å². The van der Waals surface area contributed by atoms with Gasteiger partial charge in [-0.05, 0) is 23.0 Å². The van der Waals surface area contributed by atoms with Crippen molar-refractivity contribution in [2.24, 2.45) is 0 Å². The molecular formula is C29H32N2O. The molecule has 1 aromatic heterocycles. The molecule has 0 radical (unpaired) electrons. The molecule has 4 rings (SSSR count). The Balaban J connectivity index is 1.98. The van der Waals surface area contributed by atoms with Gasteiger partial charge in [0.05, 0.1) is 11.4 Å². The first-order valence-electron chi connectivity index (χ1n) is 11.1. The van der Waals surface area contributed by atoms with E-state index in [-0.39, 0.29) is 10.8 Å². The maximum atomic E-state index is 11.1. The largest absolute Gasteiger partial charge is 0.507 e. The third-order valence-corrected chi connectivity index (χ3v) is 5.81. The summed E-state index contributed by atoms with van der Waals surface area (Å²) < 4.78 is 0. The Hall–Kier alpha value is -3.33. The Bertz CT molecular complexity index is 1130. The van der Waals surface area contributed by atoms with Crippen LogP contribution >= 0.6 is 0 Å². The molecule has 3 nitrogen and oxygen atoms in total. The second-order valence-corrected chi connectivity index (χ2v) is 10.5. The highest BCUT2D eigenvalue weighted by molar-refractivity contribution is 5.81. The summed E-state index contributed by atoms with van der Waals surface area (Å²) in [6.07, 6.45) is 0. The number of benzene rings is 3. The number of phenols is 1. The van der Waals surface area contributed by atoms with Gasteiger partial charge < -0.3 is 10.1 Å².